The molecule has 0 bridgehead atoms. The number of nitrogens with one attached hydrogen (secondary N) is 1. The minimum absolute atomic E-state index is 0.0605. The largest absolute Gasteiger partial charge is 0.462 e. The number of carbonyl (C=O) groups excluding carboxylic acids is 3. The van der Waals surface area contributed by atoms with Crippen LogP contribution in [0.2, 0.25) is 5.02 Å². The van der Waals surface area contributed by atoms with Gasteiger partial charge in [0.25, 0.3) is 0 Å². The zero-order valence-electron chi connectivity index (χ0n) is 13.8. The van der Waals surface area contributed by atoms with Gasteiger partial charge in [-0.05, 0) is 43.3 Å². The SMILES string of the molecule is CCOC(=O)c1ccc(NC(=O)CCC(=O)c2cccc(Cl)c2)cc1. The van der Waals surface area contributed by atoms with Crippen molar-refractivity contribution in [3.63, 3.8) is 0 Å². The van der Waals surface area contributed by atoms with E-state index in [0.29, 0.717) is 28.4 Å². The van der Waals surface area contributed by atoms with Crippen LogP contribution in [0.25, 0.3) is 0 Å². The van der Waals surface area contributed by atoms with Gasteiger partial charge in [-0.2, -0.15) is 0 Å². The highest BCUT2D eigenvalue weighted by atomic mass is 35.5. The summed E-state index contributed by atoms with van der Waals surface area (Å²) in [5.74, 6) is -0.831. The van der Waals surface area contributed by atoms with Crippen molar-refractivity contribution in [2.75, 3.05) is 11.9 Å². The summed E-state index contributed by atoms with van der Waals surface area (Å²) in [6, 6.07) is 13.0. The Bertz CT molecular complexity index is 771. The van der Waals surface area contributed by atoms with Crippen LogP contribution >= 0.6 is 11.6 Å². The Kier molecular flexibility index (Phi) is 6.71. The predicted molar refractivity (Wildman–Crippen MR) is 96.0 cm³/mol. The van der Waals surface area contributed by atoms with E-state index in [4.69, 9.17) is 16.3 Å². The van der Waals surface area contributed by atoms with E-state index in [1.807, 2.05) is 0 Å². The van der Waals surface area contributed by atoms with Crippen LogP contribution in [-0.2, 0) is 9.53 Å². The second-order valence-corrected chi connectivity index (χ2v) is 5.72. The number of ether oxygens (including phenoxy) is 1. The monoisotopic (exact) mass is 359 g/mol. The number of carbonyl (C=O) groups is 3. The summed E-state index contributed by atoms with van der Waals surface area (Å²) >= 11 is 5.85. The number of halogens is 1. The van der Waals surface area contributed by atoms with Gasteiger partial charge in [0.2, 0.25) is 5.91 Å². The summed E-state index contributed by atoms with van der Waals surface area (Å²) in [6.07, 6.45) is 0.151. The molecule has 0 saturated heterocycles. The smallest absolute Gasteiger partial charge is 0.338 e. The summed E-state index contributed by atoms with van der Waals surface area (Å²) in [5.41, 5.74) is 1.45. The van der Waals surface area contributed by atoms with Crippen molar-refractivity contribution in [1.82, 2.24) is 0 Å². The molecule has 130 valence electrons. The molecule has 0 spiro atoms. The first-order valence-electron chi connectivity index (χ1n) is 7.85. The van der Waals surface area contributed by atoms with Crippen LogP contribution in [0.1, 0.15) is 40.5 Å². The fraction of sp³-hybridized carbons (Fsp3) is 0.211. The van der Waals surface area contributed by atoms with Crippen LogP contribution in [-0.4, -0.2) is 24.3 Å². The van der Waals surface area contributed by atoms with Crippen LogP contribution in [0.5, 0.6) is 0 Å². The number of amides is 1. The van der Waals surface area contributed by atoms with E-state index < -0.39 is 5.97 Å². The highest BCUT2D eigenvalue weighted by Crippen LogP contribution is 2.14. The standard InChI is InChI=1S/C19H18ClNO4/c1-2-25-19(24)13-6-8-16(9-7-13)21-18(23)11-10-17(22)14-4-3-5-15(20)12-14/h3-9,12H,2,10-11H2,1H3,(H,21,23). The lowest BCUT2D eigenvalue weighted by Crippen LogP contribution is -2.13. The molecule has 2 aromatic rings. The molecule has 0 aliphatic heterocycles. The molecule has 1 amide bonds. The van der Waals surface area contributed by atoms with Crippen molar-refractivity contribution in [1.29, 1.82) is 0 Å². The van der Waals surface area contributed by atoms with E-state index in [2.05, 4.69) is 5.32 Å². The minimum Gasteiger partial charge on any atom is -0.462 e. The van der Waals surface area contributed by atoms with Gasteiger partial charge in [-0.3, -0.25) is 9.59 Å². The van der Waals surface area contributed by atoms with Crippen molar-refractivity contribution in [2.45, 2.75) is 19.8 Å². The zero-order chi connectivity index (χ0) is 18.2. The number of anilines is 1. The number of rotatable bonds is 7. The molecule has 0 aliphatic carbocycles. The quantitative estimate of drug-likeness (QED) is 0.596. The lowest BCUT2D eigenvalue weighted by molar-refractivity contribution is -0.116. The normalized spacial score (nSPS) is 10.2. The maximum absolute atomic E-state index is 12.0. The average Bonchev–Trinajstić information content (AvgIpc) is 2.60. The summed E-state index contributed by atoms with van der Waals surface area (Å²) in [6.45, 7) is 2.04. The van der Waals surface area contributed by atoms with Gasteiger partial charge >= 0.3 is 5.97 Å². The van der Waals surface area contributed by atoms with Gasteiger partial charge in [0.1, 0.15) is 0 Å². The van der Waals surface area contributed by atoms with Crippen molar-refractivity contribution in [2.24, 2.45) is 0 Å². The first-order chi connectivity index (χ1) is 12.0. The molecule has 0 aliphatic rings. The van der Waals surface area contributed by atoms with Crippen LogP contribution in [0.15, 0.2) is 48.5 Å². The summed E-state index contributed by atoms with van der Waals surface area (Å²) in [4.78, 5) is 35.6. The number of Topliss-reactive ketones (excluding diaryl/α,β-unsaturated/α-hetero) is 1. The molecular weight excluding hydrogens is 342 g/mol. The average molecular weight is 360 g/mol. The molecule has 0 radical (unpaired) electrons. The van der Waals surface area contributed by atoms with E-state index in [-0.39, 0.29) is 24.5 Å². The first kappa shape index (κ1) is 18.7. The number of benzene rings is 2. The summed E-state index contributed by atoms with van der Waals surface area (Å²) in [7, 11) is 0. The fourth-order valence-corrected chi connectivity index (χ4v) is 2.35. The summed E-state index contributed by atoms with van der Waals surface area (Å²) < 4.78 is 4.89. The molecule has 0 unspecified atom stereocenters. The van der Waals surface area contributed by atoms with Gasteiger partial charge in [0, 0.05) is 29.1 Å². The molecule has 2 rings (SSSR count). The van der Waals surface area contributed by atoms with E-state index in [9.17, 15) is 14.4 Å². The lowest BCUT2D eigenvalue weighted by Gasteiger charge is -2.06. The molecule has 0 atom stereocenters. The fourth-order valence-electron chi connectivity index (χ4n) is 2.16. The minimum atomic E-state index is -0.410. The Morgan fingerprint density at radius 3 is 2.36 bits per heavy atom. The molecule has 0 fully saturated rings. The van der Waals surface area contributed by atoms with E-state index in [0.717, 1.165) is 0 Å². The third kappa shape index (κ3) is 5.72. The highest BCUT2D eigenvalue weighted by Gasteiger charge is 2.11. The van der Waals surface area contributed by atoms with Crippen LogP contribution in [0, 0.1) is 0 Å². The van der Waals surface area contributed by atoms with Gasteiger partial charge in [-0.1, -0.05) is 23.7 Å². The van der Waals surface area contributed by atoms with Crippen LogP contribution < -0.4 is 5.32 Å². The van der Waals surface area contributed by atoms with Gasteiger partial charge in [-0.15, -0.1) is 0 Å². The Morgan fingerprint density at radius 1 is 1.00 bits per heavy atom. The predicted octanol–water partition coefficient (Wildman–Crippen LogP) is 4.12. The second kappa shape index (κ2) is 8.99. The number of hydrogen-bond donors (Lipinski definition) is 1. The molecule has 25 heavy (non-hydrogen) atoms. The van der Waals surface area contributed by atoms with E-state index in [1.54, 1.807) is 55.5 Å². The molecule has 0 aromatic heterocycles. The third-order valence-electron chi connectivity index (χ3n) is 3.41. The molecule has 6 heteroatoms. The maximum Gasteiger partial charge on any atom is 0.338 e. The lowest BCUT2D eigenvalue weighted by atomic mass is 10.1. The number of hydrogen-bond acceptors (Lipinski definition) is 4. The number of esters is 1. The number of ketones is 1. The molecule has 2 aromatic carbocycles. The molecule has 1 N–H and O–H groups in total. The van der Waals surface area contributed by atoms with Crippen LogP contribution in [0.3, 0.4) is 0 Å². The molecule has 0 heterocycles. The first-order valence-corrected chi connectivity index (χ1v) is 8.23. The van der Waals surface area contributed by atoms with Gasteiger partial charge in [-0.25, -0.2) is 4.79 Å². The zero-order valence-corrected chi connectivity index (χ0v) is 14.5. The topological polar surface area (TPSA) is 72.5 Å². The highest BCUT2D eigenvalue weighted by molar-refractivity contribution is 6.31. The van der Waals surface area contributed by atoms with Crippen molar-refractivity contribution < 1.29 is 19.1 Å². The Balaban J connectivity index is 1.86. The van der Waals surface area contributed by atoms with E-state index in [1.165, 1.54) is 0 Å². The Morgan fingerprint density at radius 2 is 1.72 bits per heavy atom. The second-order valence-electron chi connectivity index (χ2n) is 5.28. The molecule has 5 nitrogen and oxygen atoms in total. The van der Waals surface area contributed by atoms with Crippen molar-refractivity contribution in [3.05, 3.63) is 64.7 Å². The van der Waals surface area contributed by atoms with Gasteiger partial charge < -0.3 is 10.1 Å². The molecule has 0 saturated carbocycles. The van der Waals surface area contributed by atoms with E-state index >= 15 is 0 Å². The van der Waals surface area contributed by atoms with Crippen molar-refractivity contribution >= 4 is 34.9 Å². The maximum atomic E-state index is 12.0. The van der Waals surface area contributed by atoms with Crippen molar-refractivity contribution in [3.8, 4) is 0 Å². The summed E-state index contributed by atoms with van der Waals surface area (Å²) in [5, 5.41) is 3.17. The van der Waals surface area contributed by atoms with Gasteiger partial charge in [0.15, 0.2) is 5.78 Å². The molecular formula is C19H18ClNO4. The van der Waals surface area contributed by atoms with Gasteiger partial charge in [0.05, 0.1) is 12.2 Å². The van der Waals surface area contributed by atoms with Crippen LogP contribution in [0.4, 0.5) is 5.69 Å². The Hall–Kier alpha value is -2.66. The Labute approximate surface area is 150 Å². The third-order valence-corrected chi connectivity index (χ3v) is 3.64.